The van der Waals surface area contributed by atoms with Crippen molar-refractivity contribution in [2.24, 2.45) is 0 Å². The average molecular weight is 206 g/mol. The van der Waals surface area contributed by atoms with Crippen molar-refractivity contribution in [1.82, 2.24) is 4.98 Å². The minimum absolute atomic E-state index is 0.659. The monoisotopic (exact) mass is 206 g/mol. The lowest BCUT2D eigenvalue weighted by atomic mass is 10.3. The van der Waals surface area contributed by atoms with E-state index in [4.69, 9.17) is 4.74 Å². The molecule has 1 aromatic rings. The smallest absolute Gasteiger partial charge is 0.139 e. The predicted octanol–water partition coefficient (Wildman–Crippen LogP) is 2.86. The van der Waals surface area contributed by atoms with Gasteiger partial charge in [-0.1, -0.05) is 5.57 Å². The molecule has 0 aliphatic heterocycles. The van der Waals surface area contributed by atoms with Gasteiger partial charge >= 0.3 is 0 Å². The van der Waals surface area contributed by atoms with E-state index in [1.165, 1.54) is 0 Å². The van der Waals surface area contributed by atoms with Gasteiger partial charge in [-0.25, -0.2) is 0 Å². The van der Waals surface area contributed by atoms with Gasteiger partial charge in [-0.15, -0.1) is 6.58 Å². The van der Waals surface area contributed by atoms with Crippen molar-refractivity contribution >= 4 is 5.69 Å². The number of nitrogens with one attached hydrogen (secondary N) is 1. The fourth-order valence-corrected chi connectivity index (χ4v) is 1.14. The van der Waals surface area contributed by atoms with E-state index in [-0.39, 0.29) is 0 Å². The molecule has 0 spiro atoms. The molecule has 3 heteroatoms. The Hall–Kier alpha value is -1.51. The Bertz CT molecular complexity index is 323. The van der Waals surface area contributed by atoms with Gasteiger partial charge in [0.1, 0.15) is 5.75 Å². The van der Waals surface area contributed by atoms with E-state index < -0.39 is 0 Å². The van der Waals surface area contributed by atoms with E-state index in [0.29, 0.717) is 6.61 Å². The normalized spacial score (nSPS) is 9.73. The second-order valence-corrected chi connectivity index (χ2v) is 3.50. The summed E-state index contributed by atoms with van der Waals surface area (Å²) in [6, 6.07) is 1.95. The number of aromatic nitrogens is 1. The summed E-state index contributed by atoms with van der Waals surface area (Å²) < 4.78 is 5.54. The van der Waals surface area contributed by atoms with Gasteiger partial charge in [-0.3, -0.25) is 4.98 Å². The van der Waals surface area contributed by atoms with Crippen LogP contribution in [0.1, 0.15) is 20.3 Å². The molecule has 0 aliphatic rings. The highest BCUT2D eigenvalue weighted by Gasteiger charge is 1.96. The molecule has 0 unspecified atom stereocenters. The van der Waals surface area contributed by atoms with Crippen molar-refractivity contribution < 1.29 is 4.74 Å². The van der Waals surface area contributed by atoms with Crippen LogP contribution in [0.15, 0.2) is 30.6 Å². The van der Waals surface area contributed by atoms with Crippen LogP contribution < -0.4 is 10.1 Å². The van der Waals surface area contributed by atoms with Gasteiger partial charge in [0, 0.05) is 19.0 Å². The number of anilines is 1. The molecular formula is C12H18N2O. The Morgan fingerprint density at radius 1 is 1.53 bits per heavy atom. The van der Waals surface area contributed by atoms with E-state index in [0.717, 1.165) is 30.0 Å². The highest BCUT2D eigenvalue weighted by molar-refractivity contribution is 5.44. The molecule has 0 saturated heterocycles. The molecule has 1 heterocycles. The molecule has 0 aliphatic carbocycles. The van der Waals surface area contributed by atoms with Crippen molar-refractivity contribution in [2.45, 2.75) is 20.3 Å². The number of hydrogen-bond acceptors (Lipinski definition) is 3. The summed E-state index contributed by atoms with van der Waals surface area (Å²) in [5.74, 6) is 0.801. The fraction of sp³-hybridized carbons (Fsp3) is 0.417. The minimum atomic E-state index is 0.659. The van der Waals surface area contributed by atoms with Crippen LogP contribution in [0.2, 0.25) is 0 Å². The maximum absolute atomic E-state index is 5.54. The minimum Gasteiger partial charge on any atom is -0.492 e. The van der Waals surface area contributed by atoms with Crippen LogP contribution in [0.3, 0.4) is 0 Å². The highest BCUT2D eigenvalue weighted by Crippen LogP contribution is 2.15. The second-order valence-electron chi connectivity index (χ2n) is 3.50. The van der Waals surface area contributed by atoms with Gasteiger partial charge in [0.05, 0.1) is 24.7 Å². The maximum Gasteiger partial charge on any atom is 0.139 e. The van der Waals surface area contributed by atoms with Gasteiger partial charge < -0.3 is 10.1 Å². The maximum atomic E-state index is 5.54. The standard InChI is InChI=1S/C12H18N2O/c1-4-14-11-7-12(9-13-8-11)15-6-5-10(2)3/h7-9,14H,2,4-6H2,1,3H3. The largest absolute Gasteiger partial charge is 0.492 e. The summed E-state index contributed by atoms with van der Waals surface area (Å²) in [6.07, 6.45) is 4.39. The predicted molar refractivity (Wildman–Crippen MR) is 63.3 cm³/mol. The lowest BCUT2D eigenvalue weighted by molar-refractivity contribution is 0.320. The van der Waals surface area contributed by atoms with Crippen LogP contribution in [0.25, 0.3) is 0 Å². The number of nitrogens with zero attached hydrogens (tertiary/aromatic N) is 1. The zero-order chi connectivity index (χ0) is 11.1. The van der Waals surface area contributed by atoms with Crippen LogP contribution >= 0.6 is 0 Å². The molecule has 0 saturated carbocycles. The van der Waals surface area contributed by atoms with Crippen molar-refractivity contribution in [3.63, 3.8) is 0 Å². The van der Waals surface area contributed by atoms with Crippen LogP contribution in [-0.4, -0.2) is 18.1 Å². The first-order chi connectivity index (χ1) is 7.22. The molecule has 82 valence electrons. The third-order valence-electron chi connectivity index (χ3n) is 1.89. The number of ether oxygens (including phenoxy) is 1. The van der Waals surface area contributed by atoms with E-state index >= 15 is 0 Å². The Kier molecular flexibility index (Phi) is 4.68. The molecule has 1 N–H and O–H groups in total. The van der Waals surface area contributed by atoms with Crippen LogP contribution in [0.5, 0.6) is 5.75 Å². The molecule has 0 aromatic carbocycles. The zero-order valence-electron chi connectivity index (χ0n) is 9.42. The third kappa shape index (κ3) is 4.49. The van der Waals surface area contributed by atoms with Gasteiger partial charge in [0.2, 0.25) is 0 Å². The number of rotatable bonds is 6. The molecular weight excluding hydrogens is 188 g/mol. The van der Waals surface area contributed by atoms with E-state index in [1.807, 2.05) is 13.0 Å². The molecule has 1 rings (SSSR count). The first-order valence-electron chi connectivity index (χ1n) is 5.18. The molecule has 0 bridgehead atoms. The average Bonchev–Trinajstić information content (AvgIpc) is 2.18. The van der Waals surface area contributed by atoms with Gasteiger partial charge in [0.25, 0.3) is 0 Å². The molecule has 15 heavy (non-hydrogen) atoms. The fourth-order valence-electron chi connectivity index (χ4n) is 1.14. The Morgan fingerprint density at radius 2 is 2.33 bits per heavy atom. The Balaban J connectivity index is 2.46. The van der Waals surface area contributed by atoms with Crippen molar-refractivity contribution in [3.8, 4) is 5.75 Å². The third-order valence-corrected chi connectivity index (χ3v) is 1.89. The second kappa shape index (κ2) is 6.06. The topological polar surface area (TPSA) is 34.1 Å². The van der Waals surface area contributed by atoms with Crippen molar-refractivity contribution in [2.75, 3.05) is 18.5 Å². The van der Waals surface area contributed by atoms with E-state index in [2.05, 4.69) is 23.8 Å². The molecule has 0 atom stereocenters. The molecule has 0 fully saturated rings. The summed E-state index contributed by atoms with van der Waals surface area (Å²) in [7, 11) is 0. The summed E-state index contributed by atoms with van der Waals surface area (Å²) in [5.41, 5.74) is 2.12. The van der Waals surface area contributed by atoms with Gasteiger partial charge in [-0.2, -0.15) is 0 Å². The summed E-state index contributed by atoms with van der Waals surface area (Å²) in [4.78, 5) is 4.09. The molecule has 3 nitrogen and oxygen atoms in total. The Morgan fingerprint density at radius 3 is 3.00 bits per heavy atom. The van der Waals surface area contributed by atoms with Crippen LogP contribution in [-0.2, 0) is 0 Å². The highest BCUT2D eigenvalue weighted by atomic mass is 16.5. The summed E-state index contributed by atoms with van der Waals surface area (Å²) >= 11 is 0. The first-order valence-corrected chi connectivity index (χ1v) is 5.18. The van der Waals surface area contributed by atoms with Crippen molar-refractivity contribution in [1.29, 1.82) is 0 Å². The number of pyridine rings is 1. The van der Waals surface area contributed by atoms with E-state index in [9.17, 15) is 0 Å². The molecule has 0 amide bonds. The summed E-state index contributed by atoms with van der Waals surface area (Å²) in [5, 5.41) is 3.19. The van der Waals surface area contributed by atoms with Gasteiger partial charge in [-0.05, 0) is 13.8 Å². The zero-order valence-corrected chi connectivity index (χ0v) is 9.42. The first kappa shape index (κ1) is 11.6. The lowest BCUT2D eigenvalue weighted by Gasteiger charge is -2.07. The molecule has 0 radical (unpaired) electrons. The number of hydrogen-bond donors (Lipinski definition) is 1. The SMILES string of the molecule is C=C(C)CCOc1cncc(NCC)c1. The van der Waals surface area contributed by atoms with Crippen molar-refractivity contribution in [3.05, 3.63) is 30.6 Å². The van der Waals surface area contributed by atoms with E-state index in [1.54, 1.807) is 12.4 Å². The summed E-state index contributed by atoms with van der Waals surface area (Å²) in [6.45, 7) is 9.42. The Labute approximate surface area is 91.2 Å². The lowest BCUT2D eigenvalue weighted by Crippen LogP contribution is -2.00. The van der Waals surface area contributed by atoms with Crippen LogP contribution in [0.4, 0.5) is 5.69 Å². The van der Waals surface area contributed by atoms with Gasteiger partial charge in [0.15, 0.2) is 0 Å². The van der Waals surface area contributed by atoms with Crippen LogP contribution in [0, 0.1) is 0 Å². The quantitative estimate of drug-likeness (QED) is 0.727. The molecule has 1 aromatic heterocycles.